The summed E-state index contributed by atoms with van der Waals surface area (Å²) in [5, 5.41) is 2.57. The fourth-order valence-corrected chi connectivity index (χ4v) is 2.22. The molecule has 18 heavy (non-hydrogen) atoms. The van der Waals surface area contributed by atoms with Crippen molar-refractivity contribution < 1.29 is 13.2 Å². The lowest BCUT2D eigenvalue weighted by Crippen LogP contribution is -2.37. The van der Waals surface area contributed by atoms with E-state index < -0.39 is 10.0 Å². The Bertz CT molecular complexity index is 497. The summed E-state index contributed by atoms with van der Waals surface area (Å²) >= 11 is 0. The first kappa shape index (κ1) is 14.4. The minimum absolute atomic E-state index is 0.142. The van der Waals surface area contributed by atoms with Crippen molar-refractivity contribution >= 4 is 15.9 Å². The SMILES string of the molecule is C=CCCNC(=O)CNS(=O)(=O)c1ccccc1. The molecule has 0 radical (unpaired) electrons. The van der Waals surface area contributed by atoms with E-state index in [2.05, 4.69) is 16.6 Å². The monoisotopic (exact) mass is 268 g/mol. The van der Waals surface area contributed by atoms with Crippen LogP contribution in [0, 0.1) is 0 Å². The molecule has 1 aromatic carbocycles. The van der Waals surface area contributed by atoms with E-state index in [9.17, 15) is 13.2 Å². The van der Waals surface area contributed by atoms with Gasteiger partial charge in [0.1, 0.15) is 0 Å². The minimum atomic E-state index is -3.62. The van der Waals surface area contributed by atoms with Crippen LogP contribution < -0.4 is 10.0 Å². The molecule has 0 saturated carbocycles. The standard InChI is InChI=1S/C12H16N2O3S/c1-2-3-9-13-12(15)10-14-18(16,17)11-7-5-4-6-8-11/h2,4-8,14H,1,3,9-10H2,(H,13,15). The Labute approximate surface area is 107 Å². The molecule has 0 unspecified atom stereocenters. The largest absolute Gasteiger partial charge is 0.355 e. The predicted molar refractivity (Wildman–Crippen MR) is 69.5 cm³/mol. The quantitative estimate of drug-likeness (QED) is 0.563. The summed E-state index contributed by atoms with van der Waals surface area (Å²) in [6.45, 7) is 3.70. The number of benzene rings is 1. The molecule has 5 nitrogen and oxygen atoms in total. The number of hydrogen-bond donors (Lipinski definition) is 2. The maximum Gasteiger partial charge on any atom is 0.241 e. The highest BCUT2D eigenvalue weighted by atomic mass is 32.2. The van der Waals surface area contributed by atoms with Crippen molar-refractivity contribution in [3.63, 3.8) is 0 Å². The van der Waals surface area contributed by atoms with Gasteiger partial charge in [0.25, 0.3) is 0 Å². The van der Waals surface area contributed by atoms with Gasteiger partial charge in [-0.3, -0.25) is 4.79 Å². The summed E-state index contributed by atoms with van der Waals surface area (Å²) in [4.78, 5) is 11.5. The number of rotatable bonds is 7. The van der Waals surface area contributed by atoms with Crippen molar-refractivity contribution in [2.45, 2.75) is 11.3 Å². The average Bonchev–Trinajstić information content (AvgIpc) is 2.38. The minimum Gasteiger partial charge on any atom is -0.355 e. The van der Waals surface area contributed by atoms with E-state index in [0.29, 0.717) is 13.0 Å². The van der Waals surface area contributed by atoms with E-state index >= 15 is 0 Å². The summed E-state index contributed by atoms with van der Waals surface area (Å²) < 4.78 is 25.8. The molecule has 0 bridgehead atoms. The molecule has 0 saturated heterocycles. The van der Waals surface area contributed by atoms with Crippen LogP contribution in [0.5, 0.6) is 0 Å². The van der Waals surface area contributed by atoms with Crippen LogP contribution in [-0.4, -0.2) is 27.4 Å². The molecule has 0 fully saturated rings. The Morgan fingerprint density at radius 1 is 1.28 bits per heavy atom. The summed E-state index contributed by atoms with van der Waals surface area (Å²) in [6, 6.07) is 7.91. The van der Waals surface area contributed by atoms with Crippen LogP contribution >= 0.6 is 0 Å². The molecule has 0 aliphatic carbocycles. The average molecular weight is 268 g/mol. The van der Waals surface area contributed by atoms with E-state index in [1.807, 2.05) is 0 Å². The maximum absolute atomic E-state index is 11.8. The summed E-state index contributed by atoms with van der Waals surface area (Å²) in [6.07, 6.45) is 2.32. The van der Waals surface area contributed by atoms with Crippen molar-refractivity contribution in [3.05, 3.63) is 43.0 Å². The number of carbonyl (C=O) groups is 1. The van der Waals surface area contributed by atoms with Crippen molar-refractivity contribution in [3.8, 4) is 0 Å². The molecule has 1 rings (SSSR count). The van der Waals surface area contributed by atoms with Crippen LogP contribution in [0.4, 0.5) is 0 Å². The van der Waals surface area contributed by atoms with E-state index in [-0.39, 0.29) is 17.3 Å². The summed E-state index contributed by atoms with van der Waals surface area (Å²) in [5.41, 5.74) is 0. The Balaban J connectivity index is 2.48. The lowest BCUT2D eigenvalue weighted by Gasteiger charge is -2.07. The molecule has 0 aliphatic heterocycles. The maximum atomic E-state index is 11.8. The van der Waals surface area contributed by atoms with Gasteiger partial charge in [0, 0.05) is 6.54 Å². The number of nitrogens with one attached hydrogen (secondary N) is 2. The van der Waals surface area contributed by atoms with Crippen LogP contribution in [0.1, 0.15) is 6.42 Å². The molecule has 0 heterocycles. The highest BCUT2D eigenvalue weighted by molar-refractivity contribution is 7.89. The molecular weight excluding hydrogens is 252 g/mol. The highest BCUT2D eigenvalue weighted by Gasteiger charge is 2.14. The topological polar surface area (TPSA) is 75.3 Å². The number of sulfonamides is 1. The molecule has 0 aliphatic rings. The Kier molecular flexibility index (Phi) is 5.54. The predicted octanol–water partition coefficient (Wildman–Crippen LogP) is 0.657. The Hall–Kier alpha value is -1.66. The van der Waals surface area contributed by atoms with Gasteiger partial charge in [0.2, 0.25) is 15.9 Å². The van der Waals surface area contributed by atoms with Gasteiger partial charge in [-0.1, -0.05) is 24.3 Å². The third-order valence-corrected chi connectivity index (χ3v) is 3.56. The molecule has 1 aromatic rings. The third kappa shape index (κ3) is 4.68. The molecule has 0 spiro atoms. The second-order valence-corrected chi connectivity index (χ2v) is 5.33. The molecular formula is C12H16N2O3S. The Morgan fingerprint density at radius 3 is 2.56 bits per heavy atom. The van der Waals surface area contributed by atoms with Crippen molar-refractivity contribution in [1.82, 2.24) is 10.0 Å². The molecule has 2 N–H and O–H groups in total. The molecule has 6 heteroatoms. The fraction of sp³-hybridized carbons (Fsp3) is 0.250. The summed E-state index contributed by atoms with van der Waals surface area (Å²) in [7, 11) is -3.62. The second kappa shape index (κ2) is 6.93. The smallest absolute Gasteiger partial charge is 0.241 e. The normalized spacial score (nSPS) is 10.9. The van der Waals surface area contributed by atoms with Crippen molar-refractivity contribution in [2.24, 2.45) is 0 Å². The van der Waals surface area contributed by atoms with E-state index in [4.69, 9.17) is 0 Å². The van der Waals surface area contributed by atoms with Crippen molar-refractivity contribution in [2.75, 3.05) is 13.1 Å². The van der Waals surface area contributed by atoms with E-state index in [0.717, 1.165) is 0 Å². The Morgan fingerprint density at radius 2 is 1.94 bits per heavy atom. The summed E-state index contributed by atoms with van der Waals surface area (Å²) in [5.74, 6) is -0.364. The first-order chi connectivity index (χ1) is 8.56. The van der Waals surface area contributed by atoms with Gasteiger partial charge < -0.3 is 5.32 Å². The van der Waals surface area contributed by atoms with Crippen LogP contribution in [-0.2, 0) is 14.8 Å². The zero-order valence-electron chi connectivity index (χ0n) is 9.93. The van der Waals surface area contributed by atoms with Crippen LogP contribution in [0.2, 0.25) is 0 Å². The van der Waals surface area contributed by atoms with Gasteiger partial charge in [-0.15, -0.1) is 6.58 Å². The van der Waals surface area contributed by atoms with Gasteiger partial charge in [-0.05, 0) is 18.6 Å². The van der Waals surface area contributed by atoms with Crippen LogP contribution in [0.3, 0.4) is 0 Å². The third-order valence-electron chi connectivity index (χ3n) is 2.15. The van der Waals surface area contributed by atoms with Gasteiger partial charge in [-0.25, -0.2) is 13.1 Å². The van der Waals surface area contributed by atoms with E-state index in [1.165, 1.54) is 12.1 Å². The number of carbonyl (C=O) groups excluding carboxylic acids is 1. The first-order valence-corrected chi connectivity index (χ1v) is 6.97. The van der Waals surface area contributed by atoms with Gasteiger partial charge >= 0.3 is 0 Å². The van der Waals surface area contributed by atoms with Gasteiger partial charge in [0.15, 0.2) is 0 Å². The lowest BCUT2D eigenvalue weighted by molar-refractivity contribution is -0.119. The lowest BCUT2D eigenvalue weighted by atomic mass is 10.4. The van der Waals surface area contributed by atoms with E-state index in [1.54, 1.807) is 24.3 Å². The highest BCUT2D eigenvalue weighted by Crippen LogP contribution is 2.06. The number of hydrogen-bond acceptors (Lipinski definition) is 3. The van der Waals surface area contributed by atoms with Crippen LogP contribution in [0.15, 0.2) is 47.9 Å². The first-order valence-electron chi connectivity index (χ1n) is 5.48. The van der Waals surface area contributed by atoms with Gasteiger partial charge in [0.05, 0.1) is 11.4 Å². The molecule has 1 amide bonds. The fourth-order valence-electron chi connectivity index (χ4n) is 1.22. The van der Waals surface area contributed by atoms with Gasteiger partial charge in [-0.2, -0.15) is 0 Å². The molecule has 0 atom stereocenters. The van der Waals surface area contributed by atoms with Crippen molar-refractivity contribution in [1.29, 1.82) is 0 Å². The zero-order valence-corrected chi connectivity index (χ0v) is 10.7. The number of amides is 1. The van der Waals surface area contributed by atoms with Crippen LogP contribution in [0.25, 0.3) is 0 Å². The zero-order chi connectivity index (χ0) is 13.4. The molecule has 0 aromatic heterocycles. The molecule has 98 valence electrons. The second-order valence-electron chi connectivity index (χ2n) is 3.56.